The van der Waals surface area contributed by atoms with Crippen LogP contribution in [0.15, 0.2) is 24.3 Å². The average molecular weight is 263 g/mol. The second-order valence-electron chi connectivity index (χ2n) is 3.88. The van der Waals surface area contributed by atoms with E-state index in [1.165, 1.54) is 5.56 Å². The van der Waals surface area contributed by atoms with Gasteiger partial charge in [0.25, 0.3) is 0 Å². The molecule has 0 bridgehead atoms. The minimum Gasteiger partial charge on any atom is -0.309 e. The Hall–Kier alpha value is -0.680. The topological polar surface area (TPSA) is 12.0 Å². The largest absolute Gasteiger partial charge is 0.441 e. The summed E-state index contributed by atoms with van der Waals surface area (Å²) < 4.78 is 35.6. The molecule has 96 valence electrons. The molecule has 0 fully saturated rings. The average Bonchev–Trinajstić information content (AvgIpc) is 2.24. The van der Waals surface area contributed by atoms with E-state index in [4.69, 9.17) is 0 Å². The van der Waals surface area contributed by atoms with Crippen molar-refractivity contribution in [2.45, 2.75) is 25.4 Å². The van der Waals surface area contributed by atoms with Crippen LogP contribution in [0.25, 0.3) is 0 Å². The molecule has 0 heterocycles. The Morgan fingerprint density at radius 3 is 2.35 bits per heavy atom. The number of hydrogen-bond donors (Lipinski definition) is 1. The Kier molecular flexibility index (Phi) is 5.33. The molecule has 0 aromatic heterocycles. The summed E-state index contributed by atoms with van der Waals surface area (Å²) in [5, 5.41) is 3.07. The van der Waals surface area contributed by atoms with Crippen LogP contribution < -0.4 is 5.32 Å². The third-order valence-corrected chi connectivity index (χ3v) is 3.13. The van der Waals surface area contributed by atoms with Gasteiger partial charge in [0.15, 0.2) is 0 Å². The van der Waals surface area contributed by atoms with Gasteiger partial charge >= 0.3 is 5.51 Å². The Morgan fingerprint density at radius 1 is 1.24 bits per heavy atom. The smallest absolute Gasteiger partial charge is 0.309 e. The first-order chi connectivity index (χ1) is 7.88. The van der Waals surface area contributed by atoms with Crippen LogP contribution in [0.1, 0.15) is 24.1 Å². The van der Waals surface area contributed by atoms with E-state index in [-0.39, 0.29) is 23.6 Å². The maximum Gasteiger partial charge on any atom is 0.441 e. The van der Waals surface area contributed by atoms with E-state index in [2.05, 4.69) is 5.32 Å². The number of halogens is 3. The van der Waals surface area contributed by atoms with Gasteiger partial charge in [0.1, 0.15) is 0 Å². The molecule has 0 radical (unpaired) electrons. The highest BCUT2D eigenvalue weighted by Crippen LogP contribution is 2.29. The van der Waals surface area contributed by atoms with Crippen molar-refractivity contribution in [3.63, 3.8) is 0 Å². The monoisotopic (exact) mass is 263 g/mol. The maximum absolute atomic E-state index is 11.9. The van der Waals surface area contributed by atoms with Gasteiger partial charge in [0, 0.05) is 18.3 Å². The Morgan fingerprint density at radius 2 is 1.82 bits per heavy atom. The lowest BCUT2D eigenvalue weighted by Gasteiger charge is -2.14. The van der Waals surface area contributed by atoms with Gasteiger partial charge in [-0.25, -0.2) is 0 Å². The minimum absolute atomic E-state index is 0.0107. The molecule has 0 aliphatic carbocycles. The third kappa shape index (κ3) is 5.98. The predicted octanol–water partition coefficient (Wildman–Crippen LogP) is 3.90. The van der Waals surface area contributed by atoms with E-state index in [0.717, 1.165) is 5.56 Å². The second-order valence-corrected chi connectivity index (χ2v) is 5.04. The maximum atomic E-state index is 11.9. The van der Waals surface area contributed by atoms with Crippen LogP contribution >= 0.6 is 11.8 Å². The Bertz CT molecular complexity index is 335. The molecule has 0 aliphatic heterocycles. The van der Waals surface area contributed by atoms with E-state index in [1.807, 2.05) is 38.1 Å². The van der Waals surface area contributed by atoms with E-state index >= 15 is 0 Å². The number of benzene rings is 1. The zero-order valence-electron chi connectivity index (χ0n) is 9.84. The summed E-state index contributed by atoms with van der Waals surface area (Å²) in [5.41, 5.74) is -1.87. The first-order valence-corrected chi connectivity index (χ1v) is 6.37. The van der Waals surface area contributed by atoms with E-state index in [9.17, 15) is 13.2 Å². The lowest BCUT2D eigenvalue weighted by atomic mass is 10.1. The molecule has 0 saturated carbocycles. The normalized spacial score (nSPS) is 13.7. The van der Waals surface area contributed by atoms with E-state index in [1.54, 1.807) is 0 Å². The van der Waals surface area contributed by atoms with Crippen molar-refractivity contribution in [2.24, 2.45) is 0 Å². The first kappa shape index (κ1) is 14.4. The number of hydrogen-bond acceptors (Lipinski definition) is 2. The van der Waals surface area contributed by atoms with Gasteiger partial charge in [-0.2, -0.15) is 13.2 Å². The van der Waals surface area contributed by atoms with Crippen molar-refractivity contribution >= 4 is 11.8 Å². The Labute approximate surface area is 104 Å². The van der Waals surface area contributed by atoms with E-state index in [0.29, 0.717) is 6.54 Å². The lowest BCUT2D eigenvalue weighted by Crippen LogP contribution is -2.22. The molecular weight excluding hydrogens is 247 g/mol. The number of nitrogens with one attached hydrogen (secondary N) is 1. The van der Waals surface area contributed by atoms with Crippen molar-refractivity contribution < 1.29 is 13.2 Å². The van der Waals surface area contributed by atoms with Gasteiger partial charge in [-0.1, -0.05) is 29.8 Å². The summed E-state index contributed by atoms with van der Waals surface area (Å²) in [6.07, 6.45) is 0. The molecule has 0 saturated heterocycles. The molecule has 1 aromatic rings. The molecule has 0 amide bonds. The SMILES string of the molecule is Cc1ccc([C@@H](C)NCCSC(F)(F)F)cc1. The molecule has 17 heavy (non-hydrogen) atoms. The fourth-order valence-corrected chi connectivity index (χ4v) is 1.87. The fraction of sp³-hybridized carbons (Fsp3) is 0.500. The van der Waals surface area contributed by atoms with Crippen LogP contribution in [0, 0.1) is 6.92 Å². The minimum atomic E-state index is -4.13. The highest BCUT2D eigenvalue weighted by atomic mass is 32.2. The summed E-state index contributed by atoms with van der Waals surface area (Å²) >= 11 is 0.0107. The van der Waals surface area contributed by atoms with Crippen molar-refractivity contribution in [1.82, 2.24) is 5.32 Å². The molecule has 1 rings (SSSR count). The molecular formula is C12H16F3NS. The molecule has 0 spiro atoms. The molecule has 1 atom stereocenters. The van der Waals surface area contributed by atoms with Gasteiger partial charge in [0.2, 0.25) is 0 Å². The molecule has 1 aromatic carbocycles. The summed E-state index contributed by atoms with van der Waals surface area (Å²) in [6.45, 7) is 4.30. The molecule has 5 heteroatoms. The summed E-state index contributed by atoms with van der Waals surface area (Å²) in [6, 6.07) is 8.05. The molecule has 1 N–H and O–H groups in total. The quantitative estimate of drug-likeness (QED) is 0.809. The van der Waals surface area contributed by atoms with Crippen molar-refractivity contribution in [1.29, 1.82) is 0 Å². The van der Waals surface area contributed by atoms with Crippen LogP contribution in [-0.4, -0.2) is 17.8 Å². The van der Waals surface area contributed by atoms with Gasteiger partial charge in [-0.05, 0) is 31.2 Å². The summed E-state index contributed by atoms with van der Waals surface area (Å²) in [5.74, 6) is 0.0414. The lowest BCUT2D eigenvalue weighted by molar-refractivity contribution is -0.0327. The van der Waals surface area contributed by atoms with Gasteiger partial charge in [0.05, 0.1) is 0 Å². The highest BCUT2D eigenvalue weighted by molar-refractivity contribution is 8.00. The van der Waals surface area contributed by atoms with Crippen LogP contribution in [0.5, 0.6) is 0 Å². The van der Waals surface area contributed by atoms with E-state index < -0.39 is 5.51 Å². The molecule has 0 aliphatic rings. The zero-order valence-corrected chi connectivity index (χ0v) is 10.7. The van der Waals surface area contributed by atoms with Crippen molar-refractivity contribution in [3.8, 4) is 0 Å². The third-order valence-electron chi connectivity index (χ3n) is 2.40. The molecule has 0 unspecified atom stereocenters. The summed E-state index contributed by atoms with van der Waals surface area (Å²) in [7, 11) is 0. The second kappa shape index (κ2) is 6.31. The number of rotatable bonds is 5. The van der Waals surface area contributed by atoms with Crippen molar-refractivity contribution in [2.75, 3.05) is 12.3 Å². The standard InChI is InChI=1S/C12H16F3NS/c1-9-3-5-11(6-4-9)10(2)16-7-8-17-12(13,14)15/h3-6,10,16H,7-8H2,1-2H3/t10-/m1/s1. The van der Waals surface area contributed by atoms with Crippen LogP contribution in [0.2, 0.25) is 0 Å². The van der Waals surface area contributed by atoms with Crippen LogP contribution in [0.4, 0.5) is 13.2 Å². The van der Waals surface area contributed by atoms with Gasteiger partial charge in [-0.3, -0.25) is 0 Å². The van der Waals surface area contributed by atoms with Gasteiger partial charge in [-0.15, -0.1) is 0 Å². The first-order valence-electron chi connectivity index (χ1n) is 5.39. The number of alkyl halides is 3. The van der Waals surface area contributed by atoms with Crippen molar-refractivity contribution in [3.05, 3.63) is 35.4 Å². The van der Waals surface area contributed by atoms with Crippen LogP contribution in [-0.2, 0) is 0 Å². The highest BCUT2D eigenvalue weighted by Gasteiger charge is 2.27. The zero-order chi connectivity index (χ0) is 12.9. The number of aryl methyl sites for hydroxylation is 1. The molecule has 1 nitrogen and oxygen atoms in total. The summed E-state index contributed by atoms with van der Waals surface area (Å²) in [4.78, 5) is 0. The Balaban J connectivity index is 2.30. The van der Waals surface area contributed by atoms with Crippen LogP contribution in [0.3, 0.4) is 0 Å². The predicted molar refractivity (Wildman–Crippen MR) is 66.1 cm³/mol. The number of thioether (sulfide) groups is 1. The fourth-order valence-electron chi connectivity index (χ4n) is 1.42. The van der Waals surface area contributed by atoms with Gasteiger partial charge < -0.3 is 5.32 Å².